The number of carbonyl (C=O) groups excluding carboxylic acids is 1. The minimum Gasteiger partial charge on any atom is -0.336 e. The van der Waals surface area contributed by atoms with Crippen molar-refractivity contribution in [1.29, 1.82) is 0 Å². The van der Waals surface area contributed by atoms with Gasteiger partial charge in [-0.15, -0.1) is 11.3 Å². The summed E-state index contributed by atoms with van der Waals surface area (Å²) >= 11 is 7.73. The third-order valence-corrected chi connectivity index (χ3v) is 4.46. The van der Waals surface area contributed by atoms with Crippen LogP contribution in [0.2, 0.25) is 5.15 Å². The fourth-order valence-electron chi connectivity index (χ4n) is 2.24. The van der Waals surface area contributed by atoms with Gasteiger partial charge in [0, 0.05) is 23.5 Å². The van der Waals surface area contributed by atoms with Crippen LogP contribution in [-0.2, 0) is 6.54 Å². The Morgan fingerprint density at radius 3 is 2.71 bits per heavy atom. The maximum absolute atomic E-state index is 12.6. The Morgan fingerprint density at radius 1 is 1.24 bits per heavy atom. The second-order valence-electron chi connectivity index (χ2n) is 4.75. The smallest absolute Gasteiger partial charge is 0.256 e. The molecule has 5 heteroatoms. The van der Waals surface area contributed by atoms with Crippen molar-refractivity contribution < 1.29 is 4.79 Å². The van der Waals surface area contributed by atoms with Crippen molar-refractivity contribution in [2.24, 2.45) is 0 Å². The number of nitrogens with zero attached hydrogens (tertiary/aromatic N) is 2. The number of hydrogen-bond donors (Lipinski definition) is 0. The van der Waals surface area contributed by atoms with Gasteiger partial charge in [-0.1, -0.05) is 41.9 Å². The normalized spacial score (nSPS) is 10.8. The van der Waals surface area contributed by atoms with E-state index >= 15 is 0 Å². The van der Waals surface area contributed by atoms with Gasteiger partial charge in [0.2, 0.25) is 0 Å². The summed E-state index contributed by atoms with van der Waals surface area (Å²) in [5.41, 5.74) is 0.578. The number of carbonyl (C=O) groups is 1. The highest BCUT2D eigenvalue weighted by Gasteiger charge is 2.17. The van der Waals surface area contributed by atoms with Crippen molar-refractivity contribution in [3.8, 4) is 0 Å². The summed E-state index contributed by atoms with van der Waals surface area (Å²) in [6.45, 7) is 0.591. The summed E-state index contributed by atoms with van der Waals surface area (Å²) < 4.78 is 0. The van der Waals surface area contributed by atoms with Crippen molar-refractivity contribution in [2.45, 2.75) is 6.54 Å². The second kappa shape index (κ2) is 5.84. The molecule has 21 heavy (non-hydrogen) atoms. The molecule has 3 rings (SSSR count). The standard InChI is InChI=1S/C16H13ClN2OS/c1-19(10-11-5-4-8-21-11)16(20)14-9-18-15(17)13-7-3-2-6-12(13)14/h2-9H,10H2,1H3. The molecule has 3 aromatic rings. The minimum absolute atomic E-state index is 0.0521. The van der Waals surface area contributed by atoms with E-state index < -0.39 is 0 Å². The average Bonchev–Trinajstić information content (AvgIpc) is 3.00. The Hall–Kier alpha value is -1.91. The Kier molecular flexibility index (Phi) is 3.90. The first-order valence-corrected chi connectivity index (χ1v) is 7.73. The molecule has 0 saturated heterocycles. The number of halogens is 1. The SMILES string of the molecule is CN(Cc1cccs1)C(=O)c1cnc(Cl)c2ccccc12. The number of hydrogen-bond acceptors (Lipinski definition) is 3. The third-order valence-electron chi connectivity index (χ3n) is 3.30. The number of aromatic nitrogens is 1. The van der Waals surface area contributed by atoms with E-state index in [1.54, 1.807) is 29.5 Å². The maximum atomic E-state index is 12.6. The Balaban J connectivity index is 1.96. The van der Waals surface area contributed by atoms with Crippen molar-refractivity contribution in [2.75, 3.05) is 7.05 Å². The molecule has 0 fully saturated rings. The van der Waals surface area contributed by atoms with Crippen LogP contribution in [0.4, 0.5) is 0 Å². The quantitative estimate of drug-likeness (QED) is 0.678. The summed E-state index contributed by atoms with van der Waals surface area (Å²) in [5.74, 6) is -0.0521. The predicted molar refractivity (Wildman–Crippen MR) is 86.9 cm³/mol. The van der Waals surface area contributed by atoms with Crippen molar-refractivity contribution in [3.05, 3.63) is 63.6 Å². The summed E-state index contributed by atoms with van der Waals surface area (Å²) in [6, 6.07) is 11.6. The molecule has 0 unspecified atom stereocenters. The van der Waals surface area contributed by atoms with Gasteiger partial charge in [-0.05, 0) is 16.8 Å². The molecule has 2 aromatic heterocycles. The molecule has 1 aromatic carbocycles. The van der Waals surface area contributed by atoms with E-state index in [1.165, 1.54) is 0 Å². The van der Waals surface area contributed by atoms with Gasteiger partial charge in [-0.3, -0.25) is 4.79 Å². The topological polar surface area (TPSA) is 33.2 Å². The lowest BCUT2D eigenvalue weighted by Crippen LogP contribution is -2.26. The van der Waals surface area contributed by atoms with Crippen LogP contribution in [0.5, 0.6) is 0 Å². The van der Waals surface area contributed by atoms with Gasteiger partial charge in [0.25, 0.3) is 5.91 Å². The van der Waals surface area contributed by atoms with Crippen LogP contribution in [0, 0.1) is 0 Å². The van der Waals surface area contributed by atoms with Crippen LogP contribution in [0.25, 0.3) is 10.8 Å². The van der Waals surface area contributed by atoms with E-state index in [-0.39, 0.29) is 5.91 Å². The van der Waals surface area contributed by atoms with Crippen LogP contribution in [0.1, 0.15) is 15.2 Å². The van der Waals surface area contributed by atoms with Gasteiger partial charge in [0.05, 0.1) is 12.1 Å². The Morgan fingerprint density at radius 2 is 2.00 bits per heavy atom. The minimum atomic E-state index is -0.0521. The molecule has 0 aliphatic heterocycles. The molecule has 106 valence electrons. The Labute approximate surface area is 131 Å². The zero-order valence-electron chi connectivity index (χ0n) is 11.4. The molecule has 0 bridgehead atoms. The number of amides is 1. The molecule has 2 heterocycles. The van der Waals surface area contributed by atoms with Gasteiger partial charge in [-0.25, -0.2) is 4.98 Å². The van der Waals surface area contributed by atoms with Gasteiger partial charge in [0.1, 0.15) is 5.15 Å². The molecule has 1 amide bonds. The monoisotopic (exact) mass is 316 g/mol. The molecule has 0 spiro atoms. The third kappa shape index (κ3) is 2.77. The number of rotatable bonds is 3. The molecular weight excluding hydrogens is 304 g/mol. The summed E-state index contributed by atoms with van der Waals surface area (Å²) in [5, 5.41) is 4.06. The molecular formula is C16H13ClN2OS. The predicted octanol–water partition coefficient (Wildman–Crippen LogP) is 4.22. The van der Waals surface area contributed by atoms with Gasteiger partial charge < -0.3 is 4.90 Å². The van der Waals surface area contributed by atoms with E-state index in [0.29, 0.717) is 17.3 Å². The lowest BCUT2D eigenvalue weighted by Gasteiger charge is -2.17. The highest BCUT2D eigenvalue weighted by atomic mass is 35.5. The van der Waals surface area contributed by atoms with E-state index in [1.807, 2.05) is 41.8 Å². The highest BCUT2D eigenvalue weighted by Crippen LogP contribution is 2.25. The summed E-state index contributed by atoms with van der Waals surface area (Å²) in [4.78, 5) is 19.6. The molecule has 0 aliphatic carbocycles. The van der Waals surface area contributed by atoms with Gasteiger partial charge >= 0.3 is 0 Å². The average molecular weight is 317 g/mol. The first kappa shape index (κ1) is 14.0. The molecule has 0 saturated carbocycles. The molecule has 0 atom stereocenters. The number of pyridine rings is 1. The fourth-order valence-corrected chi connectivity index (χ4v) is 3.21. The molecule has 0 radical (unpaired) electrons. The van der Waals surface area contributed by atoms with E-state index in [9.17, 15) is 4.79 Å². The first-order chi connectivity index (χ1) is 10.2. The van der Waals surface area contributed by atoms with Gasteiger partial charge in [0.15, 0.2) is 0 Å². The zero-order valence-corrected chi connectivity index (χ0v) is 13.0. The maximum Gasteiger partial charge on any atom is 0.256 e. The zero-order chi connectivity index (χ0) is 14.8. The molecule has 0 N–H and O–H groups in total. The largest absolute Gasteiger partial charge is 0.336 e. The Bertz CT molecular complexity index is 786. The summed E-state index contributed by atoms with van der Waals surface area (Å²) in [7, 11) is 1.80. The number of thiophene rings is 1. The van der Waals surface area contributed by atoms with Crippen LogP contribution < -0.4 is 0 Å². The first-order valence-electron chi connectivity index (χ1n) is 6.48. The second-order valence-corrected chi connectivity index (χ2v) is 6.14. The van der Waals surface area contributed by atoms with Gasteiger partial charge in [-0.2, -0.15) is 0 Å². The van der Waals surface area contributed by atoms with Crippen LogP contribution in [-0.4, -0.2) is 22.8 Å². The van der Waals surface area contributed by atoms with Crippen molar-refractivity contribution in [3.63, 3.8) is 0 Å². The molecule has 3 nitrogen and oxygen atoms in total. The van der Waals surface area contributed by atoms with Crippen LogP contribution in [0.15, 0.2) is 48.0 Å². The van der Waals surface area contributed by atoms with E-state index in [2.05, 4.69) is 4.98 Å². The highest BCUT2D eigenvalue weighted by molar-refractivity contribution is 7.09. The molecule has 0 aliphatic rings. The number of fused-ring (bicyclic) bond motifs is 1. The van der Waals surface area contributed by atoms with E-state index in [4.69, 9.17) is 11.6 Å². The van der Waals surface area contributed by atoms with E-state index in [0.717, 1.165) is 15.6 Å². The lowest BCUT2D eigenvalue weighted by atomic mass is 10.1. The fraction of sp³-hybridized carbons (Fsp3) is 0.125. The van der Waals surface area contributed by atoms with Crippen molar-refractivity contribution >= 4 is 39.6 Å². The lowest BCUT2D eigenvalue weighted by molar-refractivity contribution is 0.0788. The van der Waals surface area contributed by atoms with Crippen LogP contribution in [0.3, 0.4) is 0 Å². The summed E-state index contributed by atoms with van der Waals surface area (Å²) in [6.07, 6.45) is 1.55. The van der Waals surface area contributed by atoms with Crippen molar-refractivity contribution in [1.82, 2.24) is 9.88 Å². The number of benzene rings is 1. The van der Waals surface area contributed by atoms with Crippen LogP contribution >= 0.6 is 22.9 Å².